The third kappa shape index (κ3) is 6.34. The highest BCUT2D eigenvalue weighted by Gasteiger charge is 2.35. The normalized spacial score (nSPS) is 18.3. The minimum Gasteiger partial charge on any atom is -0.493 e. The van der Waals surface area contributed by atoms with E-state index in [2.05, 4.69) is 6.92 Å². The van der Waals surface area contributed by atoms with Crippen LogP contribution in [0.2, 0.25) is 0 Å². The van der Waals surface area contributed by atoms with Crippen LogP contribution in [-0.4, -0.2) is 61.5 Å². The molecule has 2 aromatic carbocycles. The molecule has 2 amide bonds. The van der Waals surface area contributed by atoms with Crippen molar-refractivity contribution in [1.82, 2.24) is 4.90 Å². The first-order valence-electron chi connectivity index (χ1n) is 13.8. The second-order valence-corrected chi connectivity index (χ2v) is 10.9. The second kappa shape index (κ2) is 12.2. The molecule has 2 heterocycles. The first kappa shape index (κ1) is 28.0. The van der Waals surface area contributed by atoms with Crippen molar-refractivity contribution in [3.63, 3.8) is 0 Å². The molecule has 0 bridgehead atoms. The van der Waals surface area contributed by atoms with Gasteiger partial charge in [-0.1, -0.05) is 31.9 Å². The van der Waals surface area contributed by atoms with E-state index in [1.807, 2.05) is 43.0 Å². The van der Waals surface area contributed by atoms with Crippen LogP contribution in [0.4, 0.5) is 20.6 Å². The summed E-state index contributed by atoms with van der Waals surface area (Å²) >= 11 is 0. The quantitative estimate of drug-likeness (QED) is 0.373. The van der Waals surface area contributed by atoms with Crippen molar-refractivity contribution in [1.29, 1.82) is 0 Å². The highest BCUT2D eigenvalue weighted by molar-refractivity contribution is 5.93. The lowest BCUT2D eigenvalue weighted by Gasteiger charge is -2.36. The average Bonchev–Trinajstić information content (AvgIpc) is 3.40. The molecule has 7 nitrogen and oxygen atoms in total. The summed E-state index contributed by atoms with van der Waals surface area (Å²) < 4.78 is 27.1. The first-order valence-corrected chi connectivity index (χ1v) is 13.8. The summed E-state index contributed by atoms with van der Waals surface area (Å²) in [6.07, 6.45) is 4.77. The Bertz CT molecular complexity index is 1100. The van der Waals surface area contributed by atoms with Crippen molar-refractivity contribution in [2.45, 2.75) is 65.0 Å². The third-order valence-corrected chi connectivity index (χ3v) is 7.72. The Balaban J connectivity index is 1.47. The maximum atomic E-state index is 15.7. The van der Waals surface area contributed by atoms with Crippen molar-refractivity contribution in [3.8, 4) is 11.5 Å². The zero-order chi connectivity index (χ0) is 27.3. The molecule has 2 saturated heterocycles. The van der Waals surface area contributed by atoms with Gasteiger partial charge in [0, 0.05) is 49.4 Å². The van der Waals surface area contributed by atoms with Crippen LogP contribution in [0.25, 0.3) is 0 Å². The summed E-state index contributed by atoms with van der Waals surface area (Å²) in [5.74, 6) is 1.06. The van der Waals surface area contributed by atoms with Crippen molar-refractivity contribution in [3.05, 3.63) is 47.8 Å². The smallest absolute Gasteiger partial charge is 0.324 e. The predicted octanol–water partition coefficient (Wildman–Crippen LogP) is 5.83. The standard InChI is InChI=1S/C30H42FN3O4/c1-5-6-7-18-38-27-19-24(12-13-26(27)37-4)34-16-9-15-33(29(34)35)20-22-10-8-11-25(28(22)31)32-17-14-23(21-32)30(2,3)36/h8,10-13,19,23,36H,5-7,9,14-18,20-21H2,1-4H3. The molecule has 8 heteroatoms. The fraction of sp³-hybridized carbons (Fsp3) is 0.567. The Labute approximate surface area is 226 Å². The summed E-state index contributed by atoms with van der Waals surface area (Å²) in [6, 6.07) is 10.8. The number of hydrogen-bond donors (Lipinski definition) is 1. The van der Waals surface area contributed by atoms with Crippen LogP contribution in [0.1, 0.15) is 58.4 Å². The zero-order valence-electron chi connectivity index (χ0n) is 23.2. The van der Waals surface area contributed by atoms with Gasteiger partial charge in [-0.25, -0.2) is 9.18 Å². The van der Waals surface area contributed by atoms with Crippen LogP contribution in [0.5, 0.6) is 11.5 Å². The number of anilines is 2. The van der Waals surface area contributed by atoms with Gasteiger partial charge < -0.3 is 24.4 Å². The molecule has 2 aliphatic heterocycles. The lowest BCUT2D eigenvalue weighted by molar-refractivity contribution is 0.0263. The molecule has 4 rings (SSSR count). The van der Waals surface area contributed by atoms with E-state index in [0.717, 1.165) is 37.8 Å². The van der Waals surface area contributed by atoms with Gasteiger partial charge >= 0.3 is 6.03 Å². The van der Waals surface area contributed by atoms with Crippen LogP contribution < -0.4 is 19.3 Å². The highest BCUT2D eigenvalue weighted by atomic mass is 19.1. The molecule has 0 radical (unpaired) electrons. The van der Waals surface area contributed by atoms with Gasteiger partial charge in [-0.05, 0) is 51.3 Å². The van der Waals surface area contributed by atoms with Crippen molar-refractivity contribution in [2.75, 3.05) is 49.7 Å². The second-order valence-electron chi connectivity index (χ2n) is 10.9. The van der Waals surface area contributed by atoms with Gasteiger partial charge in [0.15, 0.2) is 17.3 Å². The lowest BCUT2D eigenvalue weighted by atomic mass is 9.90. The molecule has 208 valence electrons. The van der Waals surface area contributed by atoms with E-state index in [-0.39, 0.29) is 24.3 Å². The maximum absolute atomic E-state index is 15.7. The third-order valence-electron chi connectivity index (χ3n) is 7.72. The molecule has 2 aliphatic rings. The van der Waals surface area contributed by atoms with E-state index >= 15 is 4.39 Å². The maximum Gasteiger partial charge on any atom is 0.324 e. The number of carbonyl (C=O) groups excluding carboxylic acids is 1. The fourth-order valence-electron chi connectivity index (χ4n) is 5.34. The van der Waals surface area contributed by atoms with E-state index < -0.39 is 5.60 Å². The van der Waals surface area contributed by atoms with Crippen LogP contribution in [-0.2, 0) is 6.54 Å². The van der Waals surface area contributed by atoms with Gasteiger partial charge in [0.1, 0.15) is 0 Å². The summed E-state index contributed by atoms with van der Waals surface area (Å²) in [4.78, 5) is 19.0. The fourth-order valence-corrected chi connectivity index (χ4v) is 5.34. The summed E-state index contributed by atoms with van der Waals surface area (Å²) in [5.41, 5.74) is 0.985. The number of aliphatic hydroxyl groups is 1. The van der Waals surface area contributed by atoms with Gasteiger partial charge in [-0.3, -0.25) is 4.90 Å². The largest absolute Gasteiger partial charge is 0.493 e. The minimum atomic E-state index is -0.797. The van der Waals surface area contributed by atoms with E-state index in [4.69, 9.17) is 9.47 Å². The number of benzene rings is 2. The Hall–Kier alpha value is -3.00. The SMILES string of the molecule is CCCCCOc1cc(N2CCCN(Cc3cccc(N4CCC(C(C)(C)O)C4)c3F)C2=O)ccc1OC. The van der Waals surface area contributed by atoms with Gasteiger partial charge in [0.25, 0.3) is 0 Å². The molecule has 0 aliphatic carbocycles. The number of amides is 2. The van der Waals surface area contributed by atoms with Gasteiger partial charge in [0.2, 0.25) is 0 Å². The monoisotopic (exact) mass is 527 g/mol. The topological polar surface area (TPSA) is 65.5 Å². The van der Waals surface area contributed by atoms with Crippen LogP contribution in [0.15, 0.2) is 36.4 Å². The van der Waals surface area contributed by atoms with Gasteiger partial charge in [-0.15, -0.1) is 0 Å². The molecule has 38 heavy (non-hydrogen) atoms. The summed E-state index contributed by atoms with van der Waals surface area (Å²) in [6.45, 7) is 9.04. The van der Waals surface area contributed by atoms with E-state index in [0.29, 0.717) is 55.5 Å². The molecule has 1 atom stereocenters. The zero-order valence-corrected chi connectivity index (χ0v) is 23.2. The molecular weight excluding hydrogens is 485 g/mol. The van der Waals surface area contributed by atoms with E-state index in [1.165, 1.54) is 0 Å². The molecule has 1 unspecified atom stereocenters. The predicted molar refractivity (Wildman–Crippen MR) is 149 cm³/mol. The van der Waals surface area contributed by atoms with Gasteiger partial charge in [0.05, 0.1) is 31.5 Å². The van der Waals surface area contributed by atoms with Crippen molar-refractivity contribution < 1.29 is 23.8 Å². The first-order chi connectivity index (χ1) is 18.2. The van der Waals surface area contributed by atoms with Crippen LogP contribution >= 0.6 is 0 Å². The van der Waals surface area contributed by atoms with Crippen molar-refractivity contribution in [2.24, 2.45) is 5.92 Å². The Kier molecular flexibility index (Phi) is 9.03. The molecule has 2 fully saturated rings. The summed E-state index contributed by atoms with van der Waals surface area (Å²) in [7, 11) is 1.61. The number of ether oxygens (including phenoxy) is 2. The van der Waals surface area contributed by atoms with Crippen LogP contribution in [0, 0.1) is 11.7 Å². The molecule has 0 aromatic heterocycles. The number of urea groups is 1. The van der Waals surface area contributed by atoms with E-state index in [9.17, 15) is 9.90 Å². The Morgan fingerprint density at radius 1 is 1.11 bits per heavy atom. The molecule has 0 spiro atoms. The number of halogens is 1. The number of nitrogens with zero attached hydrogens (tertiary/aromatic N) is 3. The molecule has 1 N–H and O–H groups in total. The minimum absolute atomic E-state index is 0.0906. The summed E-state index contributed by atoms with van der Waals surface area (Å²) in [5, 5.41) is 10.4. The number of methoxy groups -OCH3 is 1. The number of hydrogen-bond acceptors (Lipinski definition) is 5. The number of rotatable bonds is 11. The Morgan fingerprint density at radius 2 is 1.92 bits per heavy atom. The highest BCUT2D eigenvalue weighted by Crippen LogP contribution is 2.35. The lowest BCUT2D eigenvalue weighted by Crippen LogP contribution is -2.49. The van der Waals surface area contributed by atoms with Gasteiger partial charge in [-0.2, -0.15) is 0 Å². The van der Waals surface area contributed by atoms with Crippen LogP contribution in [0.3, 0.4) is 0 Å². The van der Waals surface area contributed by atoms with E-state index in [1.54, 1.807) is 29.0 Å². The molecule has 2 aromatic rings. The average molecular weight is 528 g/mol. The number of unbranched alkanes of at least 4 members (excludes halogenated alkanes) is 2. The van der Waals surface area contributed by atoms with Crippen molar-refractivity contribution >= 4 is 17.4 Å². The Morgan fingerprint density at radius 3 is 2.63 bits per heavy atom. The molecular formula is C30H42FN3O4. The molecule has 0 saturated carbocycles. The number of carbonyl (C=O) groups is 1.